The van der Waals surface area contributed by atoms with Crippen LogP contribution in [-0.4, -0.2) is 32.3 Å². The summed E-state index contributed by atoms with van der Waals surface area (Å²) in [5.74, 6) is 0. The van der Waals surface area contributed by atoms with E-state index >= 15 is 0 Å². The highest BCUT2D eigenvalue weighted by molar-refractivity contribution is 7.90. The van der Waals surface area contributed by atoms with Crippen molar-refractivity contribution in [2.75, 3.05) is 6.54 Å². The Morgan fingerprint density at radius 1 is 1.07 bits per heavy atom. The number of nitrogens with one attached hydrogen (secondary N) is 3. The van der Waals surface area contributed by atoms with Gasteiger partial charge in [0.1, 0.15) is 0 Å². The molecule has 146 valence electrons. The number of benzene rings is 2. The Hall–Kier alpha value is -2.89. The van der Waals surface area contributed by atoms with Gasteiger partial charge in [-0.25, -0.2) is 17.9 Å². The summed E-state index contributed by atoms with van der Waals surface area (Å²) in [5, 5.41) is 13.8. The second kappa shape index (κ2) is 8.00. The van der Waals surface area contributed by atoms with Crippen molar-refractivity contribution in [2.24, 2.45) is 0 Å². The average molecular weight is 398 g/mol. The number of nitrogens with zero attached hydrogens (tertiary/aromatic N) is 1. The van der Waals surface area contributed by atoms with Crippen molar-refractivity contribution in [3.63, 3.8) is 0 Å². The first-order chi connectivity index (χ1) is 13.3. The molecule has 3 N–H and O–H groups in total. The molecule has 0 bridgehead atoms. The molecular weight excluding hydrogens is 376 g/mol. The maximum absolute atomic E-state index is 12.3. The van der Waals surface area contributed by atoms with E-state index in [-0.39, 0.29) is 12.6 Å². The van der Waals surface area contributed by atoms with Crippen molar-refractivity contribution in [3.8, 4) is 17.2 Å². The fourth-order valence-corrected chi connectivity index (χ4v) is 3.92. The van der Waals surface area contributed by atoms with E-state index in [4.69, 9.17) is 5.26 Å². The highest BCUT2D eigenvalue weighted by Gasteiger charge is 2.33. The number of hydrogen-bond acceptors (Lipinski definition) is 4. The largest absolute Gasteiger partial charge is 0.336 e. The summed E-state index contributed by atoms with van der Waals surface area (Å²) >= 11 is 0. The van der Waals surface area contributed by atoms with Crippen molar-refractivity contribution < 1.29 is 13.2 Å². The van der Waals surface area contributed by atoms with Gasteiger partial charge < -0.3 is 10.6 Å². The topological polar surface area (TPSA) is 111 Å². The Kier molecular flexibility index (Phi) is 5.68. The molecule has 2 unspecified atom stereocenters. The third-order valence-electron chi connectivity index (χ3n) is 4.72. The molecule has 2 aromatic carbocycles. The van der Waals surface area contributed by atoms with Crippen LogP contribution in [0.1, 0.15) is 31.0 Å². The van der Waals surface area contributed by atoms with Gasteiger partial charge in [-0.15, -0.1) is 0 Å². The minimum absolute atomic E-state index is 0.208. The summed E-state index contributed by atoms with van der Waals surface area (Å²) in [6, 6.07) is 15.6. The summed E-state index contributed by atoms with van der Waals surface area (Å²) in [6.07, 6.45) is 0. The number of hydrogen-bond donors (Lipinski definition) is 3. The van der Waals surface area contributed by atoms with Crippen molar-refractivity contribution in [2.45, 2.75) is 31.2 Å². The highest BCUT2D eigenvalue weighted by atomic mass is 32.2. The van der Waals surface area contributed by atoms with E-state index in [2.05, 4.69) is 21.4 Å². The molecule has 2 atom stereocenters. The minimum Gasteiger partial charge on any atom is -0.336 e. The van der Waals surface area contributed by atoms with Crippen molar-refractivity contribution in [3.05, 3.63) is 59.7 Å². The molecule has 7 nitrogen and oxygen atoms in total. The molecule has 1 fully saturated rings. The van der Waals surface area contributed by atoms with Crippen LogP contribution in [0.15, 0.2) is 48.5 Å². The Morgan fingerprint density at radius 3 is 2.18 bits per heavy atom. The fraction of sp³-hybridized carbons (Fsp3) is 0.300. The van der Waals surface area contributed by atoms with E-state index in [0.717, 1.165) is 16.7 Å². The monoisotopic (exact) mass is 398 g/mol. The summed E-state index contributed by atoms with van der Waals surface area (Å²) in [6.45, 7) is 3.43. The van der Waals surface area contributed by atoms with E-state index in [1.807, 2.05) is 36.4 Å². The predicted octanol–water partition coefficient (Wildman–Crippen LogP) is 2.28. The molecular formula is C20H22N4O3S. The van der Waals surface area contributed by atoms with Crippen molar-refractivity contribution in [1.82, 2.24) is 15.4 Å². The van der Waals surface area contributed by atoms with Crippen LogP contribution in [0.4, 0.5) is 4.79 Å². The Bertz CT molecular complexity index is 993. The number of sulfonamides is 1. The van der Waals surface area contributed by atoms with E-state index in [9.17, 15) is 13.2 Å². The third-order valence-corrected chi connectivity index (χ3v) is 6.60. The van der Waals surface area contributed by atoms with Gasteiger partial charge in [0, 0.05) is 6.54 Å². The molecule has 1 saturated heterocycles. The maximum Gasteiger partial charge on any atom is 0.315 e. The first-order valence-corrected chi connectivity index (χ1v) is 10.5. The lowest BCUT2D eigenvalue weighted by Crippen LogP contribution is -2.59. The second-order valence-corrected chi connectivity index (χ2v) is 9.23. The van der Waals surface area contributed by atoms with Crippen LogP contribution < -0.4 is 15.4 Å². The average Bonchev–Trinajstić information content (AvgIpc) is 2.69. The zero-order valence-electron chi connectivity index (χ0n) is 15.6. The normalized spacial score (nSPS) is 19.6. The van der Waals surface area contributed by atoms with E-state index in [1.165, 1.54) is 0 Å². The number of urea groups is 1. The lowest BCUT2D eigenvalue weighted by Gasteiger charge is -2.34. The fourth-order valence-electron chi connectivity index (χ4n) is 3.01. The van der Waals surface area contributed by atoms with E-state index in [0.29, 0.717) is 5.56 Å². The van der Waals surface area contributed by atoms with Crippen LogP contribution in [0, 0.1) is 11.3 Å². The van der Waals surface area contributed by atoms with Crippen LogP contribution in [0.5, 0.6) is 0 Å². The number of nitriles is 1. The number of carbonyl (C=O) groups excluding carboxylic acids is 1. The molecule has 8 heteroatoms. The summed E-state index contributed by atoms with van der Waals surface area (Å²) in [5.41, 5.74) is 3.34. The second-order valence-electron chi connectivity index (χ2n) is 6.96. The van der Waals surface area contributed by atoms with Gasteiger partial charge in [0.2, 0.25) is 10.0 Å². The minimum atomic E-state index is -3.48. The molecule has 0 aromatic heterocycles. The Balaban J connectivity index is 1.84. The van der Waals surface area contributed by atoms with Crippen LogP contribution in [0.2, 0.25) is 0 Å². The number of carbonyl (C=O) groups is 1. The summed E-state index contributed by atoms with van der Waals surface area (Å²) in [4.78, 5) is 11.8. The van der Waals surface area contributed by atoms with Crippen LogP contribution in [-0.2, 0) is 10.0 Å². The first-order valence-electron chi connectivity index (χ1n) is 8.96. The molecule has 0 saturated carbocycles. The van der Waals surface area contributed by atoms with Crippen molar-refractivity contribution in [1.29, 1.82) is 5.26 Å². The van der Waals surface area contributed by atoms with Crippen molar-refractivity contribution >= 4 is 16.1 Å². The first kappa shape index (κ1) is 19.9. The Morgan fingerprint density at radius 2 is 1.64 bits per heavy atom. The lowest BCUT2D eigenvalue weighted by molar-refractivity contribution is 0.222. The molecule has 1 aliphatic rings. The van der Waals surface area contributed by atoms with Crippen LogP contribution in [0.3, 0.4) is 0 Å². The molecule has 0 radical (unpaired) electrons. The molecule has 2 amide bonds. The Labute approximate surface area is 164 Å². The van der Waals surface area contributed by atoms with Gasteiger partial charge in [-0.05, 0) is 42.7 Å². The highest BCUT2D eigenvalue weighted by Crippen LogP contribution is 2.25. The SMILES string of the molecule is CC(C)S(=O)(=O)NC1CNC(=O)NC1c1ccc(-c2ccc(C#N)cc2)cc1. The molecule has 2 aromatic rings. The van der Waals surface area contributed by atoms with Crippen LogP contribution in [0.25, 0.3) is 11.1 Å². The van der Waals surface area contributed by atoms with Gasteiger partial charge >= 0.3 is 6.03 Å². The predicted molar refractivity (Wildman–Crippen MR) is 107 cm³/mol. The zero-order chi connectivity index (χ0) is 20.3. The molecule has 3 rings (SSSR count). The van der Waals surface area contributed by atoms with Gasteiger partial charge in [-0.2, -0.15) is 5.26 Å². The van der Waals surface area contributed by atoms with E-state index < -0.39 is 27.4 Å². The van der Waals surface area contributed by atoms with Gasteiger partial charge in [0.25, 0.3) is 0 Å². The molecule has 1 heterocycles. The smallest absolute Gasteiger partial charge is 0.315 e. The molecule has 0 spiro atoms. The molecule has 28 heavy (non-hydrogen) atoms. The van der Waals surface area contributed by atoms with Gasteiger partial charge in [-0.1, -0.05) is 36.4 Å². The zero-order valence-corrected chi connectivity index (χ0v) is 16.5. The van der Waals surface area contributed by atoms with Gasteiger partial charge in [-0.3, -0.25) is 0 Å². The van der Waals surface area contributed by atoms with E-state index in [1.54, 1.807) is 26.0 Å². The number of amides is 2. The molecule has 0 aliphatic carbocycles. The van der Waals surface area contributed by atoms with Crippen LogP contribution >= 0.6 is 0 Å². The molecule has 1 aliphatic heterocycles. The number of rotatable bonds is 5. The standard InChI is InChI=1S/C20H22N4O3S/c1-13(2)28(26,27)24-18-12-22-20(25)23-19(18)17-9-7-16(8-10-17)15-5-3-14(11-21)4-6-15/h3-10,13,18-19,24H,12H2,1-2H3,(H2,22,23,25). The third kappa shape index (κ3) is 4.32. The quantitative estimate of drug-likeness (QED) is 0.717. The maximum atomic E-state index is 12.3. The lowest BCUT2D eigenvalue weighted by atomic mass is 9.95. The summed E-state index contributed by atoms with van der Waals surface area (Å²) in [7, 11) is -3.48. The summed E-state index contributed by atoms with van der Waals surface area (Å²) < 4.78 is 27.2. The van der Waals surface area contributed by atoms with Gasteiger partial charge in [0.05, 0.1) is 29.0 Å². The van der Waals surface area contributed by atoms with Gasteiger partial charge in [0.15, 0.2) is 0 Å².